The molecule has 158 valence electrons. The summed E-state index contributed by atoms with van der Waals surface area (Å²) in [6.07, 6.45) is 3.78. The van der Waals surface area contributed by atoms with Crippen LogP contribution in [0.2, 0.25) is 0 Å². The van der Waals surface area contributed by atoms with Crippen molar-refractivity contribution in [3.63, 3.8) is 0 Å². The van der Waals surface area contributed by atoms with Crippen molar-refractivity contribution in [3.8, 4) is 11.3 Å². The zero-order valence-corrected chi connectivity index (χ0v) is 17.8. The van der Waals surface area contributed by atoms with E-state index in [0.29, 0.717) is 16.9 Å². The van der Waals surface area contributed by atoms with Gasteiger partial charge in [0.1, 0.15) is 11.5 Å². The molecule has 0 unspecified atom stereocenters. The molecule has 5 nitrogen and oxygen atoms in total. The topological polar surface area (TPSA) is 59.3 Å². The van der Waals surface area contributed by atoms with E-state index in [4.69, 9.17) is 4.98 Å². The Hall–Kier alpha value is -4.06. The molecule has 5 rings (SSSR count). The molecule has 0 radical (unpaired) electrons. The first-order chi connectivity index (χ1) is 15.5. The molecule has 0 spiro atoms. The number of halogens is 1. The maximum absolute atomic E-state index is 13.9. The van der Waals surface area contributed by atoms with Gasteiger partial charge in [-0.1, -0.05) is 24.3 Å². The fraction of sp³-hybridized carbons (Fsp3) is 0.115. The number of nitrogens with zero attached hydrogens (tertiary/aromatic N) is 3. The third-order valence-electron chi connectivity index (χ3n) is 5.53. The lowest BCUT2D eigenvalue weighted by Gasteiger charge is -2.10. The molecule has 0 aliphatic rings. The Balaban J connectivity index is 1.56. The Morgan fingerprint density at radius 2 is 1.91 bits per heavy atom. The van der Waals surface area contributed by atoms with Crippen LogP contribution in [0.25, 0.3) is 27.8 Å². The number of rotatable bonds is 4. The third kappa shape index (κ3) is 3.60. The highest BCUT2D eigenvalue weighted by Gasteiger charge is 2.18. The summed E-state index contributed by atoms with van der Waals surface area (Å²) in [5, 5.41) is 3.96. The van der Waals surface area contributed by atoms with Crippen LogP contribution >= 0.6 is 0 Å². The Labute approximate surface area is 184 Å². The van der Waals surface area contributed by atoms with Gasteiger partial charge in [-0.15, -0.1) is 0 Å². The fourth-order valence-electron chi connectivity index (χ4n) is 3.94. The zero-order chi connectivity index (χ0) is 22.2. The maximum atomic E-state index is 13.9. The Morgan fingerprint density at radius 1 is 1.06 bits per heavy atom. The minimum atomic E-state index is -0.267. The van der Waals surface area contributed by atoms with Gasteiger partial charge in [0.05, 0.1) is 29.0 Å². The summed E-state index contributed by atoms with van der Waals surface area (Å²) in [6.45, 7) is 3.71. The van der Waals surface area contributed by atoms with Crippen LogP contribution in [0.3, 0.4) is 0 Å². The quantitative estimate of drug-likeness (QED) is 0.415. The first-order valence-electron chi connectivity index (χ1n) is 10.4. The molecule has 0 aliphatic heterocycles. The molecule has 0 bridgehead atoms. The monoisotopic (exact) mass is 424 g/mol. The van der Waals surface area contributed by atoms with Gasteiger partial charge in [0.25, 0.3) is 0 Å². The highest BCUT2D eigenvalue weighted by molar-refractivity contribution is 6.01. The van der Waals surface area contributed by atoms with E-state index in [9.17, 15) is 9.18 Å². The number of hydrogen-bond acceptors (Lipinski definition) is 3. The van der Waals surface area contributed by atoms with Crippen molar-refractivity contribution >= 4 is 28.1 Å². The number of pyridine rings is 2. The molecule has 5 aromatic rings. The Kier molecular flexibility index (Phi) is 4.90. The number of para-hydroxylation sites is 1. The molecule has 3 heterocycles. The van der Waals surface area contributed by atoms with E-state index < -0.39 is 0 Å². The number of fused-ring (bicyclic) bond motifs is 2. The molecule has 6 heteroatoms. The summed E-state index contributed by atoms with van der Waals surface area (Å²) in [7, 11) is 0. The van der Waals surface area contributed by atoms with Crippen molar-refractivity contribution < 1.29 is 9.18 Å². The number of aryl methyl sites for hydroxylation is 2. The average Bonchev–Trinajstić information content (AvgIpc) is 3.13. The number of nitrogens with one attached hydrogen (secondary N) is 1. The summed E-state index contributed by atoms with van der Waals surface area (Å²) in [4.78, 5) is 22.3. The van der Waals surface area contributed by atoms with Crippen molar-refractivity contribution in [1.82, 2.24) is 14.4 Å². The fourth-order valence-corrected chi connectivity index (χ4v) is 3.94. The zero-order valence-electron chi connectivity index (χ0n) is 17.8. The lowest BCUT2D eigenvalue weighted by Crippen LogP contribution is -2.16. The molecule has 1 N–H and O–H groups in total. The average molecular weight is 424 g/mol. The van der Waals surface area contributed by atoms with Crippen LogP contribution in [0.1, 0.15) is 16.8 Å². The minimum absolute atomic E-state index is 0.111. The second kappa shape index (κ2) is 7.89. The largest absolute Gasteiger partial charge is 0.324 e. The molecule has 32 heavy (non-hydrogen) atoms. The molecule has 0 fully saturated rings. The van der Waals surface area contributed by atoms with Crippen LogP contribution in [0, 0.1) is 19.7 Å². The van der Waals surface area contributed by atoms with Crippen LogP contribution in [0.5, 0.6) is 0 Å². The van der Waals surface area contributed by atoms with Crippen molar-refractivity contribution in [2.24, 2.45) is 0 Å². The van der Waals surface area contributed by atoms with Gasteiger partial charge in [-0.2, -0.15) is 0 Å². The van der Waals surface area contributed by atoms with E-state index in [1.165, 1.54) is 6.07 Å². The van der Waals surface area contributed by atoms with Crippen LogP contribution < -0.4 is 5.32 Å². The van der Waals surface area contributed by atoms with Crippen molar-refractivity contribution in [1.29, 1.82) is 0 Å². The van der Waals surface area contributed by atoms with Gasteiger partial charge in [-0.25, -0.2) is 9.37 Å². The Morgan fingerprint density at radius 3 is 2.75 bits per heavy atom. The number of carbonyl (C=O) groups excluding carboxylic acids is 1. The number of aromatic nitrogens is 3. The first kappa shape index (κ1) is 19.9. The van der Waals surface area contributed by atoms with E-state index in [2.05, 4.69) is 10.3 Å². The van der Waals surface area contributed by atoms with E-state index in [0.717, 1.165) is 33.4 Å². The van der Waals surface area contributed by atoms with Crippen LogP contribution in [-0.4, -0.2) is 20.3 Å². The molecule has 0 saturated heterocycles. The molecular weight excluding hydrogens is 403 g/mol. The van der Waals surface area contributed by atoms with Crippen molar-refractivity contribution in [3.05, 3.63) is 95.7 Å². The first-order valence-corrected chi connectivity index (χ1v) is 10.4. The van der Waals surface area contributed by atoms with E-state index in [1.54, 1.807) is 25.3 Å². The molecule has 0 saturated carbocycles. The summed E-state index contributed by atoms with van der Waals surface area (Å²) in [6, 6.07) is 18.3. The van der Waals surface area contributed by atoms with E-state index in [-0.39, 0.29) is 18.1 Å². The summed E-state index contributed by atoms with van der Waals surface area (Å²) in [5.41, 5.74) is 5.93. The van der Waals surface area contributed by atoms with Crippen LogP contribution in [-0.2, 0) is 11.2 Å². The number of hydrogen-bond donors (Lipinski definition) is 1. The lowest BCUT2D eigenvalue weighted by molar-refractivity contribution is -0.115. The third-order valence-corrected chi connectivity index (χ3v) is 5.53. The Bertz CT molecular complexity index is 1480. The summed E-state index contributed by atoms with van der Waals surface area (Å²) < 4.78 is 15.8. The SMILES string of the molecule is Cc1ccc2nc(-c3ccc(F)c(C)c3)c(CC(=O)Nc3cccc4cccnc34)n2c1. The molecule has 1 amide bonds. The second-order valence-corrected chi connectivity index (χ2v) is 7.91. The summed E-state index contributed by atoms with van der Waals surface area (Å²) >= 11 is 0. The van der Waals surface area contributed by atoms with Crippen LogP contribution in [0.15, 0.2) is 73.1 Å². The highest BCUT2D eigenvalue weighted by Crippen LogP contribution is 2.28. The number of imidazole rings is 1. The van der Waals surface area contributed by atoms with Gasteiger partial charge in [0.2, 0.25) is 5.91 Å². The van der Waals surface area contributed by atoms with Gasteiger partial charge in [0.15, 0.2) is 0 Å². The maximum Gasteiger partial charge on any atom is 0.230 e. The number of amides is 1. The number of carbonyl (C=O) groups is 1. The lowest BCUT2D eigenvalue weighted by atomic mass is 10.1. The second-order valence-electron chi connectivity index (χ2n) is 7.91. The smallest absolute Gasteiger partial charge is 0.230 e. The van der Waals surface area contributed by atoms with Gasteiger partial charge < -0.3 is 9.72 Å². The van der Waals surface area contributed by atoms with Gasteiger partial charge in [-0.05, 0) is 61.4 Å². The van der Waals surface area contributed by atoms with Crippen molar-refractivity contribution in [2.45, 2.75) is 20.3 Å². The predicted molar refractivity (Wildman–Crippen MR) is 124 cm³/mol. The number of anilines is 1. The summed E-state index contributed by atoms with van der Waals surface area (Å²) in [5.74, 6) is -0.442. The molecule has 2 aromatic carbocycles. The number of benzene rings is 2. The normalized spacial score (nSPS) is 11.2. The molecule has 0 aliphatic carbocycles. The van der Waals surface area contributed by atoms with Gasteiger partial charge in [0, 0.05) is 23.3 Å². The molecular formula is C26H21FN4O. The van der Waals surface area contributed by atoms with Crippen molar-refractivity contribution in [2.75, 3.05) is 5.32 Å². The van der Waals surface area contributed by atoms with Gasteiger partial charge >= 0.3 is 0 Å². The standard InChI is InChI=1S/C26H21FN4O/c1-16-8-11-23-30-26(19-9-10-20(27)17(2)13-19)22(31(23)15-16)14-24(32)29-21-7-3-5-18-6-4-12-28-25(18)21/h3-13,15H,14H2,1-2H3,(H,29,32). The van der Waals surface area contributed by atoms with E-state index >= 15 is 0 Å². The van der Waals surface area contributed by atoms with Gasteiger partial charge in [-0.3, -0.25) is 9.78 Å². The van der Waals surface area contributed by atoms with Crippen LogP contribution in [0.4, 0.5) is 10.1 Å². The molecule has 0 atom stereocenters. The molecule has 3 aromatic heterocycles. The predicted octanol–water partition coefficient (Wildman–Crippen LogP) is 5.49. The highest BCUT2D eigenvalue weighted by atomic mass is 19.1. The minimum Gasteiger partial charge on any atom is -0.324 e. The van der Waals surface area contributed by atoms with E-state index in [1.807, 2.05) is 60.0 Å².